The van der Waals surface area contributed by atoms with Crippen LogP contribution in [-0.4, -0.2) is 43.0 Å². The van der Waals surface area contributed by atoms with Crippen molar-refractivity contribution in [3.8, 4) is 0 Å². The maximum atomic E-state index is 12.8. The number of piperazine rings is 1. The summed E-state index contributed by atoms with van der Waals surface area (Å²) in [6.07, 6.45) is 0. The highest BCUT2D eigenvalue weighted by Gasteiger charge is 2.22. The number of nitrogens with one attached hydrogen (secondary N) is 2. The van der Waals surface area contributed by atoms with Crippen LogP contribution in [0, 0.1) is 5.82 Å². The van der Waals surface area contributed by atoms with E-state index in [1.165, 1.54) is 12.1 Å². The van der Waals surface area contributed by atoms with Crippen LogP contribution in [0.25, 0.3) is 0 Å². The number of hydrogen-bond acceptors (Lipinski definition) is 3. The van der Waals surface area contributed by atoms with E-state index >= 15 is 0 Å². The third kappa shape index (κ3) is 4.01. The Bertz CT molecular complexity index is 415. The lowest BCUT2D eigenvalue weighted by atomic mass is 10.2. The first kappa shape index (κ1) is 14.0. The van der Waals surface area contributed by atoms with E-state index < -0.39 is 0 Å². The fraction of sp³-hybridized carbons (Fsp3) is 0.500. The molecule has 0 saturated carbocycles. The number of carbonyl (C=O) groups excluding carboxylic acids is 1. The molecule has 1 saturated heterocycles. The van der Waals surface area contributed by atoms with Gasteiger partial charge >= 0.3 is 0 Å². The van der Waals surface area contributed by atoms with Crippen molar-refractivity contribution in [3.05, 3.63) is 35.6 Å². The first-order chi connectivity index (χ1) is 9.16. The Morgan fingerprint density at radius 2 is 2.00 bits per heavy atom. The van der Waals surface area contributed by atoms with Crippen LogP contribution in [0.4, 0.5) is 4.39 Å². The zero-order valence-corrected chi connectivity index (χ0v) is 11.2. The molecule has 1 aliphatic rings. The minimum atomic E-state index is -0.260. The Kier molecular flexibility index (Phi) is 4.87. The zero-order chi connectivity index (χ0) is 13.7. The molecule has 0 aromatic heterocycles. The van der Waals surface area contributed by atoms with E-state index in [2.05, 4.69) is 15.5 Å². The summed E-state index contributed by atoms with van der Waals surface area (Å²) in [5, 5.41) is 6.15. The van der Waals surface area contributed by atoms with Crippen LogP contribution in [0.3, 0.4) is 0 Å². The summed E-state index contributed by atoms with van der Waals surface area (Å²) in [4.78, 5) is 14.2. The number of amides is 1. The number of rotatable bonds is 4. The van der Waals surface area contributed by atoms with Crippen LogP contribution in [0.15, 0.2) is 24.3 Å². The van der Waals surface area contributed by atoms with Gasteiger partial charge in [0.15, 0.2) is 0 Å². The van der Waals surface area contributed by atoms with E-state index in [0.29, 0.717) is 6.54 Å². The van der Waals surface area contributed by atoms with Crippen molar-refractivity contribution >= 4 is 5.91 Å². The molecule has 1 amide bonds. The predicted molar refractivity (Wildman–Crippen MR) is 72.2 cm³/mol. The van der Waals surface area contributed by atoms with Gasteiger partial charge in [-0.05, 0) is 24.6 Å². The molecule has 1 atom stereocenters. The van der Waals surface area contributed by atoms with E-state index in [1.54, 1.807) is 12.1 Å². The smallest absolute Gasteiger partial charge is 0.237 e. The van der Waals surface area contributed by atoms with Gasteiger partial charge in [0.05, 0.1) is 6.04 Å². The van der Waals surface area contributed by atoms with Crippen LogP contribution in [-0.2, 0) is 11.3 Å². The monoisotopic (exact) mass is 265 g/mol. The number of benzene rings is 1. The van der Waals surface area contributed by atoms with Gasteiger partial charge in [-0.2, -0.15) is 0 Å². The largest absolute Gasteiger partial charge is 0.351 e. The van der Waals surface area contributed by atoms with Gasteiger partial charge in [-0.1, -0.05) is 12.1 Å². The van der Waals surface area contributed by atoms with Crippen molar-refractivity contribution in [1.82, 2.24) is 15.5 Å². The second kappa shape index (κ2) is 6.63. The second-order valence-electron chi connectivity index (χ2n) is 4.81. The van der Waals surface area contributed by atoms with Crippen molar-refractivity contribution in [2.75, 3.05) is 26.2 Å². The lowest BCUT2D eigenvalue weighted by molar-refractivity contribution is -0.126. The molecule has 104 valence electrons. The number of nitrogens with zero attached hydrogens (tertiary/aromatic N) is 1. The van der Waals surface area contributed by atoms with Gasteiger partial charge in [-0.3, -0.25) is 9.69 Å². The summed E-state index contributed by atoms with van der Waals surface area (Å²) in [6, 6.07) is 6.06. The molecule has 4 nitrogen and oxygen atoms in total. The highest BCUT2D eigenvalue weighted by atomic mass is 19.1. The average molecular weight is 265 g/mol. The van der Waals surface area contributed by atoms with E-state index in [1.807, 2.05) is 6.92 Å². The van der Waals surface area contributed by atoms with Crippen LogP contribution < -0.4 is 10.6 Å². The van der Waals surface area contributed by atoms with Crippen LogP contribution in [0.2, 0.25) is 0 Å². The zero-order valence-electron chi connectivity index (χ0n) is 11.2. The summed E-state index contributed by atoms with van der Waals surface area (Å²) < 4.78 is 12.8. The Hall–Kier alpha value is -1.46. The molecule has 1 aliphatic heterocycles. The summed E-state index contributed by atoms with van der Waals surface area (Å²) in [7, 11) is 0. The molecular formula is C14H20FN3O. The van der Waals surface area contributed by atoms with E-state index in [0.717, 1.165) is 31.7 Å². The van der Waals surface area contributed by atoms with Crippen LogP contribution in [0.5, 0.6) is 0 Å². The molecule has 0 spiro atoms. The summed E-state index contributed by atoms with van der Waals surface area (Å²) >= 11 is 0. The van der Waals surface area contributed by atoms with Gasteiger partial charge in [-0.15, -0.1) is 0 Å². The quantitative estimate of drug-likeness (QED) is 0.844. The van der Waals surface area contributed by atoms with Crippen molar-refractivity contribution in [2.45, 2.75) is 19.5 Å². The Morgan fingerprint density at radius 1 is 1.37 bits per heavy atom. The third-order valence-corrected chi connectivity index (χ3v) is 3.46. The lowest BCUT2D eigenvalue weighted by Gasteiger charge is -2.31. The molecule has 19 heavy (non-hydrogen) atoms. The van der Waals surface area contributed by atoms with Crippen molar-refractivity contribution < 1.29 is 9.18 Å². The molecule has 1 unspecified atom stereocenters. The highest BCUT2D eigenvalue weighted by Crippen LogP contribution is 2.04. The molecule has 0 aliphatic carbocycles. The molecule has 2 N–H and O–H groups in total. The van der Waals surface area contributed by atoms with Crippen molar-refractivity contribution in [3.63, 3.8) is 0 Å². The molecule has 1 fully saturated rings. The standard InChI is InChI=1S/C14H20FN3O/c1-11(18-8-6-16-7-9-18)14(19)17-10-12-2-4-13(15)5-3-12/h2-5,11,16H,6-10H2,1H3,(H,17,19). The first-order valence-electron chi connectivity index (χ1n) is 6.64. The normalized spacial score (nSPS) is 18.0. The molecule has 1 heterocycles. The van der Waals surface area contributed by atoms with Crippen molar-refractivity contribution in [1.29, 1.82) is 0 Å². The fourth-order valence-electron chi connectivity index (χ4n) is 2.17. The maximum absolute atomic E-state index is 12.8. The minimum absolute atomic E-state index is 0.0197. The van der Waals surface area contributed by atoms with E-state index in [9.17, 15) is 9.18 Å². The molecule has 2 rings (SSSR count). The molecule has 0 radical (unpaired) electrons. The van der Waals surface area contributed by atoms with Gasteiger partial charge in [-0.25, -0.2) is 4.39 Å². The fourth-order valence-corrected chi connectivity index (χ4v) is 2.17. The topological polar surface area (TPSA) is 44.4 Å². The Morgan fingerprint density at radius 3 is 2.63 bits per heavy atom. The molecule has 1 aromatic rings. The Labute approximate surface area is 113 Å². The molecule has 1 aromatic carbocycles. The highest BCUT2D eigenvalue weighted by molar-refractivity contribution is 5.81. The summed E-state index contributed by atoms with van der Waals surface area (Å²) in [5.74, 6) is -0.240. The van der Waals surface area contributed by atoms with Gasteiger partial charge in [0.25, 0.3) is 0 Å². The van der Waals surface area contributed by atoms with Gasteiger partial charge in [0, 0.05) is 32.7 Å². The SMILES string of the molecule is CC(C(=O)NCc1ccc(F)cc1)N1CCNCC1. The van der Waals surface area contributed by atoms with Gasteiger partial charge < -0.3 is 10.6 Å². The number of hydrogen-bond donors (Lipinski definition) is 2. The van der Waals surface area contributed by atoms with Crippen LogP contribution >= 0.6 is 0 Å². The predicted octanol–water partition coefficient (Wildman–Crippen LogP) is 0.736. The lowest BCUT2D eigenvalue weighted by Crippen LogP contribution is -2.52. The number of halogens is 1. The maximum Gasteiger partial charge on any atom is 0.237 e. The Balaban J connectivity index is 1.81. The average Bonchev–Trinajstić information content (AvgIpc) is 2.46. The molecule has 0 bridgehead atoms. The van der Waals surface area contributed by atoms with Crippen molar-refractivity contribution in [2.24, 2.45) is 0 Å². The molecule has 5 heteroatoms. The van der Waals surface area contributed by atoms with Gasteiger partial charge in [0.1, 0.15) is 5.82 Å². The third-order valence-electron chi connectivity index (χ3n) is 3.46. The van der Waals surface area contributed by atoms with E-state index in [4.69, 9.17) is 0 Å². The van der Waals surface area contributed by atoms with E-state index in [-0.39, 0.29) is 17.8 Å². The first-order valence-corrected chi connectivity index (χ1v) is 6.64. The molecular weight excluding hydrogens is 245 g/mol. The summed E-state index contributed by atoms with van der Waals surface area (Å²) in [6.45, 7) is 6.00. The summed E-state index contributed by atoms with van der Waals surface area (Å²) in [5.41, 5.74) is 0.905. The van der Waals surface area contributed by atoms with Crippen LogP contribution in [0.1, 0.15) is 12.5 Å². The number of carbonyl (C=O) groups is 1. The minimum Gasteiger partial charge on any atom is -0.351 e. The second-order valence-corrected chi connectivity index (χ2v) is 4.81. The van der Waals surface area contributed by atoms with Gasteiger partial charge in [0.2, 0.25) is 5.91 Å².